The molecule has 0 fully saturated rings. The van der Waals surface area contributed by atoms with E-state index < -0.39 is 0 Å². The number of hydrogen-bond donors (Lipinski definition) is 1. The van der Waals surface area contributed by atoms with Gasteiger partial charge in [-0.05, 0) is 26.0 Å². The standard InChI is InChI=1S/C15H17Cl2N3O2/c1-8(11-7-18-20(3)9(11)2)19-15(21)10-5-12(16)14(22-4)13(17)6-10/h5-8H,1-4H3,(H,19,21). The highest BCUT2D eigenvalue weighted by molar-refractivity contribution is 6.37. The molecule has 1 unspecified atom stereocenters. The topological polar surface area (TPSA) is 56.1 Å². The molecule has 0 spiro atoms. The second-order valence-corrected chi connectivity index (χ2v) is 5.79. The number of aromatic nitrogens is 2. The first kappa shape index (κ1) is 16.6. The monoisotopic (exact) mass is 341 g/mol. The van der Waals surface area contributed by atoms with Crippen LogP contribution >= 0.6 is 23.2 Å². The molecule has 1 atom stereocenters. The molecule has 1 aromatic carbocycles. The Bertz CT molecular complexity index is 690. The fraction of sp³-hybridized carbons (Fsp3) is 0.333. The molecule has 0 aliphatic heterocycles. The number of hydrogen-bond acceptors (Lipinski definition) is 3. The minimum absolute atomic E-state index is 0.180. The van der Waals surface area contributed by atoms with Crippen molar-refractivity contribution in [2.75, 3.05) is 7.11 Å². The van der Waals surface area contributed by atoms with Crippen LogP contribution in [0.3, 0.4) is 0 Å². The van der Waals surface area contributed by atoms with Crippen molar-refractivity contribution in [2.45, 2.75) is 19.9 Å². The smallest absolute Gasteiger partial charge is 0.251 e. The summed E-state index contributed by atoms with van der Waals surface area (Å²) in [7, 11) is 3.33. The van der Waals surface area contributed by atoms with Gasteiger partial charge in [-0.2, -0.15) is 5.10 Å². The van der Waals surface area contributed by atoms with Crippen molar-refractivity contribution in [3.63, 3.8) is 0 Å². The molecule has 0 saturated carbocycles. The Kier molecular flexibility index (Phi) is 4.98. The molecular weight excluding hydrogens is 325 g/mol. The van der Waals surface area contributed by atoms with Crippen molar-refractivity contribution in [1.29, 1.82) is 0 Å². The largest absolute Gasteiger partial charge is 0.494 e. The van der Waals surface area contributed by atoms with Crippen LogP contribution < -0.4 is 10.1 Å². The molecule has 7 heteroatoms. The Balaban J connectivity index is 2.21. The number of carbonyl (C=O) groups is 1. The van der Waals surface area contributed by atoms with Gasteiger partial charge >= 0.3 is 0 Å². The van der Waals surface area contributed by atoms with Gasteiger partial charge in [0.05, 0.1) is 29.4 Å². The van der Waals surface area contributed by atoms with Gasteiger partial charge in [0.25, 0.3) is 5.91 Å². The molecule has 118 valence electrons. The molecule has 2 rings (SSSR count). The van der Waals surface area contributed by atoms with Crippen LogP contribution in [0.25, 0.3) is 0 Å². The lowest BCUT2D eigenvalue weighted by Gasteiger charge is -2.15. The van der Waals surface area contributed by atoms with Gasteiger partial charge in [-0.15, -0.1) is 0 Å². The van der Waals surface area contributed by atoms with E-state index in [1.54, 1.807) is 10.9 Å². The van der Waals surface area contributed by atoms with Crippen LogP contribution in [0.15, 0.2) is 18.3 Å². The fourth-order valence-electron chi connectivity index (χ4n) is 2.18. The van der Waals surface area contributed by atoms with Crippen LogP contribution in [0, 0.1) is 6.92 Å². The van der Waals surface area contributed by atoms with Gasteiger partial charge in [0.2, 0.25) is 0 Å². The van der Waals surface area contributed by atoms with Crippen molar-refractivity contribution in [2.24, 2.45) is 7.05 Å². The van der Waals surface area contributed by atoms with E-state index in [4.69, 9.17) is 27.9 Å². The summed E-state index contributed by atoms with van der Waals surface area (Å²) in [5.74, 6) is 0.0956. The highest BCUT2D eigenvalue weighted by atomic mass is 35.5. The summed E-state index contributed by atoms with van der Waals surface area (Å²) in [6.45, 7) is 3.85. The minimum Gasteiger partial charge on any atom is -0.494 e. The van der Waals surface area contributed by atoms with E-state index in [0.29, 0.717) is 21.4 Å². The third kappa shape index (κ3) is 3.20. The molecule has 0 aliphatic carbocycles. The highest BCUT2D eigenvalue weighted by Gasteiger charge is 2.18. The lowest BCUT2D eigenvalue weighted by molar-refractivity contribution is 0.0940. The number of benzene rings is 1. The minimum atomic E-state index is -0.262. The van der Waals surface area contributed by atoms with Crippen molar-refractivity contribution in [3.8, 4) is 5.75 Å². The SMILES string of the molecule is COc1c(Cl)cc(C(=O)NC(C)c2cnn(C)c2C)cc1Cl. The van der Waals surface area contributed by atoms with E-state index in [-0.39, 0.29) is 11.9 Å². The summed E-state index contributed by atoms with van der Waals surface area (Å²) in [5, 5.41) is 7.68. The molecule has 0 bridgehead atoms. The Hall–Kier alpha value is -1.72. The predicted octanol–water partition coefficient (Wildman–Crippen LogP) is 3.53. The molecule has 22 heavy (non-hydrogen) atoms. The Labute approximate surface area is 139 Å². The maximum absolute atomic E-state index is 12.4. The normalized spacial score (nSPS) is 12.1. The first-order chi connectivity index (χ1) is 10.3. The zero-order valence-electron chi connectivity index (χ0n) is 12.8. The van der Waals surface area contributed by atoms with Crippen LogP contribution in [0.1, 0.15) is 34.6 Å². The first-order valence-corrected chi connectivity index (χ1v) is 7.43. The van der Waals surface area contributed by atoms with Crippen molar-refractivity contribution in [3.05, 3.63) is 45.2 Å². The average Bonchev–Trinajstić information content (AvgIpc) is 2.78. The second-order valence-electron chi connectivity index (χ2n) is 4.98. The number of nitrogens with zero attached hydrogens (tertiary/aromatic N) is 2. The van der Waals surface area contributed by atoms with Crippen LogP contribution in [0.2, 0.25) is 10.0 Å². The molecular formula is C15H17Cl2N3O2. The van der Waals surface area contributed by atoms with Gasteiger partial charge in [0.15, 0.2) is 5.75 Å². The van der Waals surface area contributed by atoms with Gasteiger partial charge in [0, 0.05) is 23.9 Å². The molecule has 1 N–H and O–H groups in total. The quantitative estimate of drug-likeness (QED) is 0.925. The molecule has 5 nitrogen and oxygen atoms in total. The first-order valence-electron chi connectivity index (χ1n) is 6.67. The molecule has 1 heterocycles. The van der Waals surface area contributed by atoms with E-state index in [1.165, 1.54) is 19.2 Å². The Morgan fingerprint density at radius 1 is 1.36 bits per heavy atom. The van der Waals surface area contributed by atoms with Gasteiger partial charge < -0.3 is 10.1 Å². The van der Waals surface area contributed by atoms with Crippen molar-refractivity contribution >= 4 is 29.1 Å². The maximum Gasteiger partial charge on any atom is 0.251 e. The zero-order chi connectivity index (χ0) is 16.4. The van der Waals surface area contributed by atoms with Crippen LogP contribution in [-0.2, 0) is 7.05 Å². The van der Waals surface area contributed by atoms with Gasteiger partial charge in [0.1, 0.15) is 0 Å². The average molecular weight is 342 g/mol. The van der Waals surface area contributed by atoms with Gasteiger partial charge in [-0.1, -0.05) is 23.2 Å². The van der Waals surface area contributed by atoms with E-state index in [2.05, 4.69) is 10.4 Å². The number of halogens is 2. The number of carbonyl (C=O) groups excluding carboxylic acids is 1. The van der Waals surface area contributed by atoms with Crippen LogP contribution in [0.5, 0.6) is 5.75 Å². The van der Waals surface area contributed by atoms with E-state index in [9.17, 15) is 4.79 Å². The molecule has 0 aliphatic rings. The summed E-state index contributed by atoms with van der Waals surface area (Å²) in [5.41, 5.74) is 2.34. The number of ether oxygens (including phenoxy) is 1. The predicted molar refractivity (Wildman–Crippen MR) is 86.8 cm³/mol. The lowest BCUT2D eigenvalue weighted by Crippen LogP contribution is -2.27. The van der Waals surface area contributed by atoms with E-state index in [0.717, 1.165) is 11.3 Å². The highest BCUT2D eigenvalue weighted by Crippen LogP contribution is 2.34. The molecule has 2 aromatic rings. The fourth-order valence-corrected chi connectivity index (χ4v) is 2.83. The Morgan fingerprint density at radius 3 is 2.41 bits per heavy atom. The third-order valence-corrected chi connectivity index (χ3v) is 4.11. The molecule has 1 amide bonds. The summed E-state index contributed by atoms with van der Waals surface area (Å²) in [4.78, 5) is 12.4. The van der Waals surface area contributed by atoms with Crippen LogP contribution in [-0.4, -0.2) is 22.8 Å². The number of amides is 1. The number of aryl methyl sites for hydroxylation is 1. The molecule has 0 radical (unpaired) electrons. The number of methoxy groups -OCH3 is 1. The lowest BCUT2D eigenvalue weighted by atomic mass is 10.1. The van der Waals surface area contributed by atoms with E-state index in [1.807, 2.05) is 20.9 Å². The van der Waals surface area contributed by atoms with E-state index >= 15 is 0 Å². The summed E-state index contributed by atoms with van der Waals surface area (Å²) in [6.07, 6.45) is 1.74. The van der Waals surface area contributed by atoms with Crippen molar-refractivity contribution in [1.82, 2.24) is 15.1 Å². The maximum atomic E-state index is 12.4. The summed E-state index contributed by atoms with van der Waals surface area (Å²) < 4.78 is 6.84. The van der Waals surface area contributed by atoms with Crippen LogP contribution in [0.4, 0.5) is 0 Å². The van der Waals surface area contributed by atoms with Crippen molar-refractivity contribution < 1.29 is 9.53 Å². The zero-order valence-corrected chi connectivity index (χ0v) is 14.3. The number of nitrogens with one attached hydrogen (secondary N) is 1. The summed E-state index contributed by atoms with van der Waals surface area (Å²) in [6, 6.07) is 2.88. The summed E-state index contributed by atoms with van der Waals surface area (Å²) >= 11 is 12.1. The number of rotatable bonds is 4. The van der Waals surface area contributed by atoms with Gasteiger partial charge in [-0.25, -0.2) is 0 Å². The molecule has 1 aromatic heterocycles. The third-order valence-electron chi connectivity index (χ3n) is 3.55. The second kappa shape index (κ2) is 6.58. The Morgan fingerprint density at radius 2 is 1.95 bits per heavy atom. The molecule has 0 saturated heterocycles. The van der Waals surface area contributed by atoms with Gasteiger partial charge in [-0.3, -0.25) is 9.48 Å².